The Morgan fingerprint density at radius 1 is 1.11 bits per heavy atom. The Bertz CT molecular complexity index is 1380. The van der Waals surface area contributed by atoms with Crippen molar-refractivity contribution in [3.63, 3.8) is 0 Å². The van der Waals surface area contributed by atoms with Crippen LogP contribution in [0.1, 0.15) is 40.0 Å². The molecule has 184 valence electrons. The topological polar surface area (TPSA) is 59.0 Å². The minimum Gasteiger partial charge on any atom is -0.363 e. The molecule has 0 radical (unpaired) electrons. The van der Waals surface area contributed by atoms with Crippen molar-refractivity contribution in [1.29, 1.82) is 0 Å². The molecule has 1 aromatic heterocycles. The lowest BCUT2D eigenvalue weighted by molar-refractivity contribution is 0.0657. The number of hydrogen-bond donors (Lipinski definition) is 2. The average molecular weight is 525 g/mol. The Balaban J connectivity index is 1.42. The molecular formula is C27H23ClF2N4OS. The maximum absolute atomic E-state index is 14.0. The predicted molar refractivity (Wildman–Crippen MR) is 139 cm³/mol. The van der Waals surface area contributed by atoms with Gasteiger partial charge < -0.3 is 10.6 Å². The van der Waals surface area contributed by atoms with Crippen molar-refractivity contribution in [3.05, 3.63) is 101 Å². The van der Waals surface area contributed by atoms with Crippen molar-refractivity contribution in [2.45, 2.75) is 41.6 Å². The number of fused-ring (bicyclic) bond motifs is 1. The maximum atomic E-state index is 14.0. The molecule has 5 nitrogen and oxygen atoms in total. The van der Waals surface area contributed by atoms with E-state index in [2.05, 4.69) is 15.7 Å². The summed E-state index contributed by atoms with van der Waals surface area (Å²) in [6.07, 6.45) is -1.11. The number of para-hydroxylation sites is 1. The summed E-state index contributed by atoms with van der Waals surface area (Å²) in [6, 6.07) is 21.1. The number of halogens is 3. The molecule has 0 fully saturated rings. The summed E-state index contributed by atoms with van der Waals surface area (Å²) in [5.74, 6) is -0.136. The molecular weight excluding hydrogens is 502 g/mol. The van der Waals surface area contributed by atoms with E-state index < -0.39 is 18.4 Å². The van der Waals surface area contributed by atoms with Gasteiger partial charge in [0.05, 0.1) is 17.9 Å². The van der Waals surface area contributed by atoms with E-state index in [1.807, 2.05) is 61.5 Å². The highest BCUT2D eigenvalue weighted by Gasteiger charge is 2.36. The van der Waals surface area contributed by atoms with E-state index in [0.717, 1.165) is 20.9 Å². The van der Waals surface area contributed by atoms with Gasteiger partial charge in [-0.1, -0.05) is 65.3 Å². The summed E-state index contributed by atoms with van der Waals surface area (Å²) < 4.78 is 29.2. The molecule has 2 heterocycles. The molecule has 3 aromatic carbocycles. The van der Waals surface area contributed by atoms with Crippen LogP contribution in [0.25, 0.3) is 0 Å². The second-order valence-corrected chi connectivity index (χ2v) is 10.2. The Hall–Kier alpha value is -3.36. The number of anilines is 2. The number of rotatable bonds is 6. The fourth-order valence-electron chi connectivity index (χ4n) is 4.19. The highest BCUT2D eigenvalue weighted by Crippen LogP contribution is 2.40. The van der Waals surface area contributed by atoms with Crippen LogP contribution >= 0.6 is 23.4 Å². The molecule has 2 N–H and O–H groups in total. The van der Waals surface area contributed by atoms with E-state index in [4.69, 9.17) is 11.6 Å². The van der Waals surface area contributed by atoms with Gasteiger partial charge in [-0.15, -0.1) is 0 Å². The molecule has 36 heavy (non-hydrogen) atoms. The summed E-state index contributed by atoms with van der Waals surface area (Å²) in [6.45, 7) is 1.97. The predicted octanol–water partition coefficient (Wildman–Crippen LogP) is 7.61. The van der Waals surface area contributed by atoms with Crippen molar-refractivity contribution in [1.82, 2.24) is 9.78 Å². The summed E-state index contributed by atoms with van der Waals surface area (Å²) in [5, 5.41) is 11.0. The van der Waals surface area contributed by atoms with Gasteiger partial charge in [0.2, 0.25) is 0 Å². The van der Waals surface area contributed by atoms with Crippen molar-refractivity contribution in [3.8, 4) is 0 Å². The van der Waals surface area contributed by atoms with E-state index in [0.29, 0.717) is 10.7 Å². The number of nitrogens with one attached hydrogen (secondary N) is 2. The van der Waals surface area contributed by atoms with Gasteiger partial charge in [0.25, 0.3) is 12.3 Å². The van der Waals surface area contributed by atoms with Crippen LogP contribution < -0.4 is 10.6 Å². The van der Waals surface area contributed by atoms with Crippen LogP contribution in [0.2, 0.25) is 5.02 Å². The monoisotopic (exact) mass is 524 g/mol. The third kappa shape index (κ3) is 5.10. The smallest absolute Gasteiger partial charge is 0.261 e. The van der Waals surface area contributed by atoms with Crippen molar-refractivity contribution in [2.24, 2.45) is 0 Å². The van der Waals surface area contributed by atoms with E-state index >= 15 is 0 Å². The van der Waals surface area contributed by atoms with Crippen LogP contribution in [0.5, 0.6) is 0 Å². The van der Waals surface area contributed by atoms with Crippen molar-refractivity contribution < 1.29 is 13.6 Å². The van der Waals surface area contributed by atoms with Gasteiger partial charge in [-0.2, -0.15) is 5.10 Å². The number of nitrogens with zero attached hydrogens (tertiary/aromatic N) is 2. The molecule has 1 aliphatic heterocycles. The number of aryl methyl sites for hydroxylation is 1. The van der Waals surface area contributed by atoms with Crippen LogP contribution in [0.15, 0.2) is 88.8 Å². The number of carbonyl (C=O) groups excluding carboxylic acids is 1. The number of hydrogen-bond acceptors (Lipinski definition) is 4. The normalized spacial score (nSPS) is 16.9. The SMILES string of the molecule is Cc1ccc([C@H]2C[C@@H](C(F)F)n3ncc(C(=O)Nc4ccccc4Sc4ccc(Cl)cc4)c3N2)cc1. The van der Waals surface area contributed by atoms with Gasteiger partial charge in [-0.3, -0.25) is 4.79 Å². The first-order valence-electron chi connectivity index (χ1n) is 11.4. The summed E-state index contributed by atoms with van der Waals surface area (Å²) >= 11 is 7.47. The van der Waals surface area contributed by atoms with Gasteiger partial charge >= 0.3 is 0 Å². The van der Waals surface area contributed by atoms with Gasteiger partial charge in [0.15, 0.2) is 0 Å². The number of benzene rings is 3. The Morgan fingerprint density at radius 3 is 2.56 bits per heavy atom. The van der Waals surface area contributed by atoms with Gasteiger partial charge in [-0.25, -0.2) is 13.5 Å². The Kier molecular flexibility index (Phi) is 6.98. The fourth-order valence-corrected chi connectivity index (χ4v) is 5.22. The van der Waals surface area contributed by atoms with Gasteiger partial charge in [-0.05, 0) is 55.3 Å². The zero-order chi connectivity index (χ0) is 25.2. The number of aromatic nitrogens is 2. The largest absolute Gasteiger partial charge is 0.363 e. The van der Waals surface area contributed by atoms with Crippen molar-refractivity contribution >= 4 is 40.8 Å². The quantitative estimate of drug-likeness (QED) is 0.272. The number of alkyl halides is 2. The van der Waals surface area contributed by atoms with Gasteiger partial charge in [0, 0.05) is 14.8 Å². The summed E-state index contributed by atoms with van der Waals surface area (Å²) in [7, 11) is 0. The maximum Gasteiger partial charge on any atom is 0.261 e. The lowest BCUT2D eigenvalue weighted by Gasteiger charge is -2.32. The van der Waals surface area contributed by atoms with Crippen LogP contribution in [0, 0.1) is 6.92 Å². The fraction of sp³-hybridized carbons (Fsp3) is 0.185. The summed E-state index contributed by atoms with van der Waals surface area (Å²) in [5.41, 5.74) is 2.79. The number of carbonyl (C=O) groups is 1. The molecule has 9 heteroatoms. The lowest BCUT2D eigenvalue weighted by atomic mass is 9.96. The first-order chi connectivity index (χ1) is 17.4. The zero-order valence-electron chi connectivity index (χ0n) is 19.3. The minimum absolute atomic E-state index is 0.164. The minimum atomic E-state index is -2.62. The lowest BCUT2D eigenvalue weighted by Crippen LogP contribution is -2.31. The molecule has 0 unspecified atom stereocenters. The third-order valence-corrected chi connectivity index (χ3v) is 7.43. The van der Waals surface area contributed by atoms with Crippen LogP contribution in [0.4, 0.5) is 20.3 Å². The Labute approximate surface area is 216 Å². The first-order valence-corrected chi connectivity index (χ1v) is 12.6. The van der Waals surface area contributed by atoms with Gasteiger partial charge in [0.1, 0.15) is 17.4 Å². The molecule has 0 spiro atoms. The highest BCUT2D eigenvalue weighted by atomic mass is 35.5. The second kappa shape index (κ2) is 10.3. The highest BCUT2D eigenvalue weighted by molar-refractivity contribution is 7.99. The standard InChI is InChI=1S/C27H23ClF2N4OS/c1-16-6-8-17(9-7-16)22-14-23(25(29)30)34-26(32-22)20(15-31-34)27(35)33-21-4-2-3-5-24(21)36-19-12-10-18(28)11-13-19/h2-13,15,22-23,25,32H,14H2,1H3,(H,33,35)/t22-,23+/m1/s1. The molecule has 0 bridgehead atoms. The van der Waals surface area contributed by atoms with E-state index in [1.165, 1.54) is 22.6 Å². The van der Waals surface area contributed by atoms with E-state index in [9.17, 15) is 13.6 Å². The molecule has 5 rings (SSSR count). The molecule has 0 saturated heterocycles. The molecule has 4 aromatic rings. The molecule has 0 aliphatic carbocycles. The summed E-state index contributed by atoms with van der Waals surface area (Å²) in [4.78, 5) is 15.1. The molecule has 1 amide bonds. The molecule has 1 aliphatic rings. The van der Waals surface area contributed by atoms with E-state index in [-0.39, 0.29) is 23.8 Å². The van der Waals surface area contributed by atoms with E-state index in [1.54, 1.807) is 18.2 Å². The average Bonchev–Trinajstić information content (AvgIpc) is 3.30. The van der Waals surface area contributed by atoms with Crippen LogP contribution in [0.3, 0.4) is 0 Å². The van der Waals surface area contributed by atoms with Crippen LogP contribution in [-0.2, 0) is 0 Å². The zero-order valence-corrected chi connectivity index (χ0v) is 20.9. The second-order valence-electron chi connectivity index (χ2n) is 8.60. The Morgan fingerprint density at radius 2 is 1.83 bits per heavy atom. The first kappa shape index (κ1) is 24.3. The molecule has 0 saturated carbocycles. The van der Waals surface area contributed by atoms with Crippen LogP contribution in [-0.4, -0.2) is 22.1 Å². The van der Waals surface area contributed by atoms with Crippen molar-refractivity contribution in [2.75, 3.05) is 10.6 Å². The number of amides is 1. The molecule has 2 atom stereocenters. The third-order valence-electron chi connectivity index (χ3n) is 6.09.